The van der Waals surface area contributed by atoms with Crippen molar-refractivity contribution in [1.82, 2.24) is 10.1 Å². The van der Waals surface area contributed by atoms with Crippen molar-refractivity contribution in [3.8, 4) is 11.4 Å². The topological polar surface area (TPSA) is 38.9 Å². The van der Waals surface area contributed by atoms with E-state index in [-0.39, 0.29) is 0 Å². The Morgan fingerprint density at radius 2 is 1.89 bits per heavy atom. The zero-order valence-electron chi connectivity index (χ0n) is 16.9. The molecular weight excluding hydrogens is 344 g/mol. The molecule has 0 bridgehead atoms. The molecule has 2 aromatic carbocycles. The van der Waals surface area contributed by atoms with Crippen molar-refractivity contribution >= 4 is 6.08 Å². The van der Waals surface area contributed by atoms with E-state index in [4.69, 9.17) is 4.52 Å². The van der Waals surface area contributed by atoms with Crippen LogP contribution in [0.3, 0.4) is 0 Å². The smallest absolute Gasteiger partial charge is 0.250 e. The van der Waals surface area contributed by atoms with E-state index in [1.54, 1.807) is 0 Å². The summed E-state index contributed by atoms with van der Waals surface area (Å²) in [5, 5.41) is 4.15. The highest BCUT2D eigenvalue weighted by atomic mass is 16.5. The molecule has 3 aromatic rings. The highest BCUT2D eigenvalue weighted by Gasteiger charge is 2.34. The van der Waals surface area contributed by atoms with E-state index >= 15 is 0 Å². The minimum Gasteiger partial charge on any atom is -0.334 e. The summed E-state index contributed by atoms with van der Waals surface area (Å²) in [5.41, 5.74) is 3.99. The van der Waals surface area contributed by atoms with Gasteiger partial charge >= 0.3 is 0 Å². The van der Waals surface area contributed by atoms with Gasteiger partial charge in [0.1, 0.15) is 0 Å². The number of hydrogen-bond acceptors (Lipinski definition) is 3. The number of aromatic nitrogens is 2. The van der Waals surface area contributed by atoms with E-state index < -0.39 is 0 Å². The largest absolute Gasteiger partial charge is 0.334 e. The fourth-order valence-electron chi connectivity index (χ4n) is 4.31. The third-order valence-electron chi connectivity index (χ3n) is 5.88. The van der Waals surface area contributed by atoms with Gasteiger partial charge in [-0.15, -0.1) is 0 Å². The first-order chi connectivity index (χ1) is 13.5. The summed E-state index contributed by atoms with van der Waals surface area (Å²) >= 11 is 0. The summed E-state index contributed by atoms with van der Waals surface area (Å²) in [6.07, 6.45) is 7.90. The van der Waals surface area contributed by atoms with Gasteiger partial charge < -0.3 is 4.52 Å². The van der Waals surface area contributed by atoms with Crippen molar-refractivity contribution in [2.45, 2.75) is 46.0 Å². The predicted molar refractivity (Wildman–Crippen MR) is 114 cm³/mol. The third kappa shape index (κ3) is 4.24. The number of hydrogen-bond donors (Lipinski definition) is 0. The second-order valence-electron chi connectivity index (χ2n) is 8.77. The van der Waals surface area contributed by atoms with Crippen LogP contribution in [0, 0.1) is 18.3 Å². The Kier molecular flexibility index (Phi) is 5.17. The molecule has 144 valence electrons. The Morgan fingerprint density at radius 3 is 2.68 bits per heavy atom. The zero-order chi connectivity index (χ0) is 19.6. The minimum atomic E-state index is 0.383. The third-order valence-corrected chi connectivity index (χ3v) is 5.88. The van der Waals surface area contributed by atoms with Crippen LogP contribution in [-0.2, 0) is 0 Å². The maximum Gasteiger partial charge on any atom is 0.250 e. The van der Waals surface area contributed by atoms with Gasteiger partial charge in [0.25, 0.3) is 5.89 Å². The number of benzene rings is 2. The van der Waals surface area contributed by atoms with Gasteiger partial charge in [-0.1, -0.05) is 79.2 Å². The molecule has 0 amide bonds. The quantitative estimate of drug-likeness (QED) is 0.513. The molecule has 0 radical (unpaired) electrons. The molecular formula is C25H28N2O. The Bertz CT molecular complexity index is 955. The predicted octanol–water partition coefficient (Wildman–Crippen LogP) is 6.67. The molecule has 1 heterocycles. The van der Waals surface area contributed by atoms with Gasteiger partial charge in [-0.25, -0.2) is 0 Å². The van der Waals surface area contributed by atoms with E-state index in [2.05, 4.69) is 79.5 Å². The van der Waals surface area contributed by atoms with Crippen molar-refractivity contribution in [2.24, 2.45) is 11.3 Å². The summed E-state index contributed by atoms with van der Waals surface area (Å²) in [5.74, 6) is 2.24. The van der Waals surface area contributed by atoms with E-state index in [9.17, 15) is 0 Å². The van der Waals surface area contributed by atoms with Crippen LogP contribution in [-0.4, -0.2) is 10.1 Å². The summed E-state index contributed by atoms with van der Waals surface area (Å²) < 4.78 is 5.48. The van der Waals surface area contributed by atoms with Crippen molar-refractivity contribution < 1.29 is 4.52 Å². The van der Waals surface area contributed by atoms with Gasteiger partial charge in [0, 0.05) is 5.56 Å². The lowest BCUT2D eigenvalue weighted by atomic mass is 9.65. The minimum absolute atomic E-state index is 0.383. The first-order valence-corrected chi connectivity index (χ1v) is 10.1. The Labute approximate surface area is 167 Å². The number of aryl methyl sites for hydroxylation is 1. The summed E-state index contributed by atoms with van der Waals surface area (Å²) in [4.78, 5) is 4.57. The van der Waals surface area contributed by atoms with Crippen LogP contribution in [0.2, 0.25) is 0 Å². The highest BCUT2D eigenvalue weighted by Crippen LogP contribution is 2.47. The maximum absolute atomic E-state index is 5.48. The standard InChI is InChI=1S/C25H28N2O/c1-18-8-7-11-21(16-18)24-26-23(28-27-24)13-12-20-14-15-25(2,3)17-22(20)19-9-5-4-6-10-19/h4-13,16,20,22H,14-15,17H2,1-3H3. The molecule has 2 unspecified atom stereocenters. The second-order valence-corrected chi connectivity index (χ2v) is 8.77. The molecule has 4 rings (SSSR count). The van der Waals surface area contributed by atoms with Gasteiger partial charge in [-0.3, -0.25) is 0 Å². The van der Waals surface area contributed by atoms with Crippen LogP contribution in [0.4, 0.5) is 0 Å². The Morgan fingerprint density at radius 1 is 1.07 bits per heavy atom. The van der Waals surface area contributed by atoms with Crippen LogP contribution in [0.5, 0.6) is 0 Å². The fraction of sp³-hybridized carbons (Fsp3) is 0.360. The SMILES string of the molecule is Cc1cccc(-c2noc(C=CC3CCC(C)(C)CC3c3ccccc3)n2)c1. The van der Waals surface area contributed by atoms with Crippen molar-refractivity contribution in [3.63, 3.8) is 0 Å². The summed E-state index contributed by atoms with van der Waals surface area (Å²) in [6.45, 7) is 6.84. The molecule has 0 spiro atoms. The fourth-order valence-corrected chi connectivity index (χ4v) is 4.31. The normalized spacial score (nSPS) is 21.8. The number of rotatable bonds is 4. The van der Waals surface area contributed by atoms with Crippen molar-refractivity contribution in [3.05, 3.63) is 77.7 Å². The molecule has 1 saturated carbocycles. The average molecular weight is 373 g/mol. The van der Waals surface area contributed by atoms with E-state index in [1.807, 2.05) is 18.2 Å². The molecule has 1 fully saturated rings. The molecule has 3 heteroatoms. The molecule has 1 aliphatic rings. The highest BCUT2D eigenvalue weighted by molar-refractivity contribution is 5.56. The summed E-state index contributed by atoms with van der Waals surface area (Å²) in [7, 11) is 0. The monoisotopic (exact) mass is 372 g/mol. The molecule has 28 heavy (non-hydrogen) atoms. The van der Waals surface area contributed by atoms with Crippen molar-refractivity contribution in [1.29, 1.82) is 0 Å². The summed E-state index contributed by atoms with van der Waals surface area (Å²) in [6, 6.07) is 19.1. The van der Waals surface area contributed by atoms with Crippen LogP contribution in [0.1, 0.15) is 56.0 Å². The molecule has 2 atom stereocenters. The second kappa shape index (κ2) is 7.75. The van der Waals surface area contributed by atoms with Crippen LogP contribution in [0.15, 0.2) is 65.2 Å². The van der Waals surface area contributed by atoms with E-state index in [0.717, 1.165) is 5.56 Å². The van der Waals surface area contributed by atoms with Crippen molar-refractivity contribution in [2.75, 3.05) is 0 Å². The average Bonchev–Trinajstić information content (AvgIpc) is 3.16. The molecule has 3 nitrogen and oxygen atoms in total. The van der Waals surface area contributed by atoms with Gasteiger partial charge in [-0.05, 0) is 61.1 Å². The van der Waals surface area contributed by atoms with E-state index in [1.165, 1.54) is 30.4 Å². The van der Waals surface area contributed by atoms with Gasteiger partial charge in [0.05, 0.1) is 0 Å². The number of nitrogens with zero attached hydrogens (tertiary/aromatic N) is 2. The molecule has 0 aliphatic heterocycles. The molecule has 1 aromatic heterocycles. The van der Waals surface area contributed by atoms with Gasteiger partial charge in [0.2, 0.25) is 5.82 Å². The lowest BCUT2D eigenvalue weighted by Crippen LogP contribution is -2.27. The maximum atomic E-state index is 5.48. The Hall–Kier alpha value is -2.68. The molecule has 0 saturated heterocycles. The first kappa shape index (κ1) is 18.7. The molecule has 1 aliphatic carbocycles. The van der Waals surface area contributed by atoms with Crippen LogP contribution < -0.4 is 0 Å². The van der Waals surface area contributed by atoms with Crippen LogP contribution >= 0.6 is 0 Å². The van der Waals surface area contributed by atoms with Gasteiger partial charge in [0.15, 0.2) is 0 Å². The number of allylic oxidation sites excluding steroid dienone is 1. The Balaban J connectivity index is 1.54. The molecule has 0 N–H and O–H groups in total. The van der Waals surface area contributed by atoms with Gasteiger partial charge in [-0.2, -0.15) is 4.98 Å². The lowest BCUT2D eigenvalue weighted by Gasteiger charge is -2.40. The first-order valence-electron chi connectivity index (χ1n) is 10.1. The van der Waals surface area contributed by atoms with Crippen LogP contribution in [0.25, 0.3) is 17.5 Å². The lowest BCUT2D eigenvalue weighted by molar-refractivity contribution is 0.185. The van der Waals surface area contributed by atoms with E-state index in [0.29, 0.717) is 29.0 Å². The zero-order valence-corrected chi connectivity index (χ0v) is 16.9.